The molecule has 1 aromatic carbocycles. The monoisotopic (exact) mass is 354 g/mol. The lowest BCUT2D eigenvalue weighted by molar-refractivity contribution is -0.0342. The topological polar surface area (TPSA) is 51.7 Å². The molecule has 5 nitrogen and oxygen atoms in total. The number of ether oxygens (including phenoxy) is 2. The molecule has 1 aromatic heterocycles. The highest BCUT2D eigenvalue weighted by Crippen LogP contribution is 2.33. The number of carbonyl (C=O) groups is 1. The van der Waals surface area contributed by atoms with Crippen LogP contribution in [0.5, 0.6) is 0 Å². The summed E-state index contributed by atoms with van der Waals surface area (Å²) >= 11 is 0. The third-order valence-corrected chi connectivity index (χ3v) is 4.73. The van der Waals surface area contributed by atoms with Crippen molar-refractivity contribution in [1.29, 1.82) is 0 Å². The molecule has 2 bridgehead atoms. The molecule has 2 aliphatic rings. The van der Waals surface area contributed by atoms with Crippen molar-refractivity contribution >= 4 is 11.7 Å². The van der Waals surface area contributed by atoms with Crippen molar-refractivity contribution in [3.8, 4) is 0 Å². The molecule has 0 saturated carbocycles. The van der Waals surface area contributed by atoms with E-state index in [4.69, 9.17) is 9.47 Å². The van der Waals surface area contributed by atoms with Crippen LogP contribution in [0.2, 0.25) is 0 Å². The molecule has 134 valence electrons. The van der Waals surface area contributed by atoms with Gasteiger partial charge in [-0.1, -0.05) is 36.4 Å². The summed E-state index contributed by atoms with van der Waals surface area (Å²) in [4.78, 5) is 18.1. The van der Waals surface area contributed by atoms with Crippen molar-refractivity contribution in [1.82, 2.24) is 9.88 Å². The van der Waals surface area contributed by atoms with E-state index in [2.05, 4.69) is 4.98 Å². The van der Waals surface area contributed by atoms with Gasteiger partial charge in [-0.2, -0.15) is 0 Å². The fourth-order valence-electron chi connectivity index (χ4n) is 3.51. The predicted molar refractivity (Wildman–Crippen MR) is 93.7 cm³/mol. The maximum absolute atomic E-state index is 14.1. The molecule has 2 aromatic rings. The van der Waals surface area contributed by atoms with Crippen molar-refractivity contribution in [2.75, 3.05) is 13.2 Å². The molecule has 6 heteroatoms. The fraction of sp³-hybridized carbons (Fsp3) is 0.300. The first kappa shape index (κ1) is 16.7. The Balaban J connectivity index is 1.51. The summed E-state index contributed by atoms with van der Waals surface area (Å²) in [5, 5.41) is 0. The summed E-state index contributed by atoms with van der Waals surface area (Å²) in [5.41, 5.74) is 2.36. The highest BCUT2D eigenvalue weighted by molar-refractivity contribution is 5.74. The number of aromatic nitrogens is 1. The minimum atomic E-state index is -0.363. The van der Waals surface area contributed by atoms with E-state index in [0.717, 1.165) is 11.1 Å². The van der Waals surface area contributed by atoms with E-state index in [1.54, 1.807) is 17.2 Å². The van der Waals surface area contributed by atoms with Crippen LogP contribution < -0.4 is 0 Å². The average molecular weight is 354 g/mol. The number of amides is 1. The Labute approximate surface area is 151 Å². The molecule has 2 aliphatic heterocycles. The molecule has 3 heterocycles. The average Bonchev–Trinajstić information content (AvgIpc) is 2.66. The third-order valence-electron chi connectivity index (χ3n) is 4.73. The number of nitrogens with zero attached hydrogens (tertiary/aromatic N) is 2. The van der Waals surface area contributed by atoms with Crippen molar-refractivity contribution in [3.05, 3.63) is 71.8 Å². The number of fused-ring (bicyclic) bond motifs is 2. The van der Waals surface area contributed by atoms with E-state index in [1.807, 2.05) is 36.4 Å². The highest BCUT2D eigenvalue weighted by Gasteiger charge is 2.39. The lowest BCUT2D eigenvalue weighted by Crippen LogP contribution is -2.56. The van der Waals surface area contributed by atoms with Crippen LogP contribution in [0.3, 0.4) is 0 Å². The lowest BCUT2D eigenvalue weighted by Gasteiger charge is -2.43. The van der Waals surface area contributed by atoms with Crippen LogP contribution in [-0.2, 0) is 16.1 Å². The van der Waals surface area contributed by atoms with Crippen LogP contribution in [0, 0.1) is 5.82 Å². The first-order chi connectivity index (χ1) is 12.7. The zero-order chi connectivity index (χ0) is 17.9. The van der Waals surface area contributed by atoms with Crippen molar-refractivity contribution < 1.29 is 18.7 Å². The van der Waals surface area contributed by atoms with E-state index >= 15 is 0 Å². The van der Waals surface area contributed by atoms with E-state index in [9.17, 15) is 9.18 Å². The first-order valence-corrected chi connectivity index (χ1v) is 8.59. The minimum absolute atomic E-state index is 0.162. The fourth-order valence-corrected chi connectivity index (χ4v) is 3.51. The summed E-state index contributed by atoms with van der Waals surface area (Å²) < 4.78 is 25.2. The van der Waals surface area contributed by atoms with Crippen molar-refractivity contribution in [2.45, 2.75) is 25.1 Å². The van der Waals surface area contributed by atoms with Crippen LogP contribution in [0.25, 0.3) is 5.57 Å². The maximum Gasteiger partial charge on any atom is 0.411 e. The number of pyridine rings is 1. The highest BCUT2D eigenvalue weighted by atomic mass is 19.1. The standard InChI is InChI=1S/C20H19FN2O3/c21-19-10-22-7-6-18(19)15-8-16-12-25-13-17(9-15)23(16)20(24)26-11-14-4-2-1-3-5-14/h1-8,10,16-17H,9,11-13H2. The molecule has 2 atom stereocenters. The van der Waals surface area contributed by atoms with Gasteiger partial charge in [0, 0.05) is 11.8 Å². The molecule has 0 radical (unpaired) electrons. The molecular formula is C20H19FN2O3. The Morgan fingerprint density at radius 2 is 2.12 bits per heavy atom. The van der Waals surface area contributed by atoms with Gasteiger partial charge < -0.3 is 9.47 Å². The number of halogens is 1. The molecule has 1 fully saturated rings. The normalized spacial score (nSPS) is 21.9. The van der Waals surface area contributed by atoms with Gasteiger partial charge in [0.25, 0.3) is 0 Å². The number of rotatable bonds is 3. The molecular weight excluding hydrogens is 335 g/mol. The van der Waals surface area contributed by atoms with Crippen LogP contribution in [-0.4, -0.2) is 41.3 Å². The lowest BCUT2D eigenvalue weighted by atomic mass is 9.90. The Morgan fingerprint density at radius 3 is 2.88 bits per heavy atom. The van der Waals surface area contributed by atoms with Gasteiger partial charge in [0.05, 0.1) is 31.5 Å². The number of morpholine rings is 1. The van der Waals surface area contributed by atoms with Gasteiger partial charge in [0.15, 0.2) is 0 Å². The zero-order valence-corrected chi connectivity index (χ0v) is 14.2. The Hall–Kier alpha value is -2.73. The number of hydrogen-bond acceptors (Lipinski definition) is 4. The molecule has 0 aliphatic carbocycles. The zero-order valence-electron chi connectivity index (χ0n) is 14.2. The Kier molecular flexibility index (Phi) is 4.67. The quantitative estimate of drug-likeness (QED) is 0.848. The number of benzene rings is 1. The van der Waals surface area contributed by atoms with Gasteiger partial charge in [-0.25, -0.2) is 9.18 Å². The largest absolute Gasteiger partial charge is 0.445 e. The summed E-state index contributed by atoms with van der Waals surface area (Å²) in [6, 6.07) is 10.8. The van der Waals surface area contributed by atoms with Gasteiger partial charge in [0.2, 0.25) is 0 Å². The number of carbonyl (C=O) groups excluding carboxylic acids is 1. The second kappa shape index (κ2) is 7.25. The smallest absolute Gasteiger partial charge is 0.411 e. The molecule has 26 heavy (non-hydrogen) atoms. The van der Waals surface area contributed by atoms with Crippen LogP contribution in [0.1, 0.15) is 17.5 Å². The van der Waals surface area contributed by atoms with E-state index < -0.39 is 0 Å². The van der Waals surface area contributed by atoms with E-state index in [-0.39, 0.29) is 30.6 Å². The first-order valence-electron chi connectivity index (χ1n) is 8.59. The van der Waals surface area contributed by atoms with Crippen LogP contribution in [0.4, 0.5) is 9.18 Å². The summed E-state index contributed by atoms with van der Waals surface area (Å²) in [5.74, 6) is -0.349. The Bertz CT molecular complexity index is 825. The molecule has 1 saturated heterocycles. The second-order valence-corrected chi connectivity index (χ2v) is 6.46. The molecule has 0 spiro atoms. The maximum atomic E-state index is 14.1. The summed E-state index contributed by atoms with van der Waals surface area (Å²) in [6.07, 6.45) is 4.85. The second-order valence-electron chi connectivity index (χ2n) is 6.46. The van der Waals surface area contributed by atoms with Crippen LogP contribution in [0.15, 0.2) is 54.9 Å². The van der Waals surface area contributed by atoms with Gasteiger partial charge in [-0.3, -0.25) is 9.88 Å². The van der Waals surface area contributed by atoms with Crippen molar-refractivity contribution in [2.24, 2.45) is 0 Å². The predicted octanol–water partition coefficient (Wildman–Crippen LogP) is 3.41. The van der Waals surface area contributed by atoms with Gasteiger partial charge in [-0.15, -0.1) is 0 Å². The van der Waals surface area contributed by atoms with E-state index in [0.29, 0.717) is 25.2 Å². The molecule has 1 amide bonds. The minimum Gasteiger partial charge on any atom is -0.445 e. The third kappa shape index (κ3) is 3.32. The van der Waals surface area contributed by atoms with E-state index in [1.165, 1.54) is 6.20 Å². The summed E-state index contributed by atoms with van der Waals surface area (Å²) in [7, 11) is 0. The van der Waals surface area contributed by atoms with Gasteiger partial charge >= 0.3 is 6.09 Å². The van der Waals surface area contributed by atoms with Gasteiger partial charge in [0.1, 0.15) is 12.4 Å². The summed E-state index contributed by atoms with van der Waals surface area (Å²) in [6.45, 7) is 1.03. The molecule has 4 rings (SSSR count). The molecule has 0 N–H and O–H groups in total. The Morgan fingerprint density at radius 1 is 1.27 bits per heavy atom. The number of hydrogen-bond donors (Lipinski definition) is 0. The molecule has 2 unspecified atom stereocenters. The van der Waals surface area contributed by atoms with Crippen LogP contribution >= 0.6 is 0 Å². The van der Waals surface area contributed by atoms with Gasteiger partial charge in [-0.05, 0) is 23.6 Å². The SMILES string of the molecule is O=C(OCc1ccccc1)N1C2C=C(c3ccncc3F)CC1COC2. The van der Waals surface area contributed by atoms with Crippen molar-refractivity contribution in [3.63, 3.8) is 0 Å².